The number of methoxy groups -OCH3 is 1. The van der Waals surface area contributed by atoms with Crippen molar-refractivity contribution in [2.75, 3.05) is 7.11 Å². The van der Waals surface area contributed by atoms with Crippen LogP contribution in [0.25, 0.3) is 0 Å². The van der Waals surface area contributed by atoms with Crippen molar-refractivity contribution in [2.45, 2.75) is 84.2 Å². The van der Waals surface area contributed by atoms with Crippen LogP contribution in [-0.2, 0) is 9.53 Å². The molecule has 0 aliphatic heterocycles. The Hall–Kier alpha value is -0.570. The maximum absolute atomic E-state index is 11.4. The largest absolute Gasteiger partial charge is 0.479 e. The van der Waals surface area contributed by atoms with Gasteiger partial charge in [-0.2, -0.15) is 0 Å². The number of carboxylic acid groups (broad SMARTS) is 1. The minimum absolute atomic E-state index is 0.000413. The molecule has 0 amide bonds. The van der Waals surface area contributed by atoms with Gasteiger partial charge in [-0.05, 0) is 18.8 Å². The van der Waals surface area contributed by atoms with E-state index >= 15 is 0 Å². The fourth-order valence-electron chi connectivity index (χ4n) is 2.59. The molecule has 0 saturated carbocycles. The van der Waals surface area contributed by atoms with Gasteiger partial charge in [0.25, 0.3) is 0 Å². The molecule has 0 aromatic heterocycles. The molecule has 19 heavy (non-hydrogen) atoms. The molecule has 1 atom stereocenters. The third-order valence-electron chi connectivity index (χ3n) is 4.06. The fraction of sp³-hybridized carbons (Fsp3) is 0.938. The van der Waals surface area contributed by atoms with E-state index < -0.39 is 11.6 Å². The van der Waals surface area contributed by atoms with Gasteiger partial charge in [0.15, 0.2) is 5.60 Å². The van der Waals surface area contributed by atoms with Gasteiger partial charge in [0.1, 0.15) is 0 Å². The van der Waals surface area contributed by atoms with E-state index in [4.69, 9.17) is 4.74 Å². The highest BCUT2D eigenvalue weighted by atomic mass is 16.5. The Morgan fingerprint density at radius 2 is 1.53 bits per heavy atom. The summed E-state index contributed by atoms with van der Waals surface area (Å²) in [6.45, 7) is 6.06. The second-order valence-corrected chi connectivity index (χ2v) is 5.78. The van der Waals surface area contributed by atoms with E-state index in [1.54, 1.807) is 0 Å². The lowest BCUT2D eigenvalue weighted by Gasteiger charge is -2.31. The summed E-state index contributed by atoms with van der Waals surface area (Å²) in [7, 11) is 1.51. The molecule has 0 radical (unpaired) electrons. The maximum Gasteiger partial charge on any atom is 0.336 e. The smallest absolute Gasteiger partial charge is 0.336 e. The van der Waals surface area contributed by atoms with Crippen LogP contribution in [0.3, 0.4) is 0 Å². The van der Waals surface area contributed by atoms with E-state index in [0.29, 0.717) is 6.42 Å². The molecule has 0 aliphatic carbocycles. The molecule has 0 fully saturated rings. The molecule has 114 valence electrons. The SMILES string of the molecule is CCCCCCCCCCC(OC)(C(=O)O)C(C)C. The van der Waals surface area contributed by atoms with Crippen molar-refractivity contribution in [2.24, 2.45) is 5.92 Å². The minimum atomic E-state index is -0.998. The van der Waals surface area contributed by atoms with Crippen LogP contribution in [0.2, 0.25) is 0 Å². The number of hydrogen-bond acceptors (Lipinski definition) is 2. The van der Waals surface area contributed by atoms with Crippen LogP contribution in [-0.4, -0.2) is 23.8 Å². The van der Waals surface area contributed by atoms with Crippen molar-refractivity contribution in [3.63, 3.8) is 0 Å². The molecular weight excluding hydrogens is 240 g/mol. The van der Waals surface area contributed by atoms with Crippen molar-refractivity contribution in [1.82, 2.24) is 0 Å². The van der Waals surface area contributed by atoms with E-state index in [1.165, 1.54) is 45.6 Å². The molecule has 0 aliphatic rings. The zero-order valence-corrected chi connectivity index (χ0v) is 13.2. The topological polar surface area (TPSA) is 46.5 Å². The third kappa shape index (κ3) is 6.42. The monoisotopic (exact) mass is 272 g/mol. The molecule has 3 nitrogen and oxygen atoms in total. The van der Waals surface area contributed by atoms with Gasteiger partial charge in [0, 0.05) is 7.11 Å². The zero-order valence-electron chi connectivity index (χ0n) is 13.2. The van der Waals surface area contributed by atoms with Gasteiger partial charge in [-0.3, -0.25) is 0 Å². The quantitative estimate of drug-likeness (QED) is 0.526. The summed E-state index contributed by atoms with van der Waals surface area (Å²) in [6.07, 6.45) is 10.4. The Morgan fingerprint density at radius 3 is 1.89 bits per heavy atom. The summed E-state index contributed by atoms with van der Waals surface area (Å²) in [5.74, 6) is -0.826. The van der Waals surface area contributed by atoms with Crippen LogP contribution in [0.5, 0.6) is 0 Å². The predicted molar refractivity (Wildman–Crippen MR) is 79.4 cm³/mol. The molecular formula is C16H32O3. The van der Waals surface area contributed by atoms with Crippen molar-refractivity contribution >= 4 is 5.97 Å². The molecule has 0 heterocycles. The molecule has 0 bridgehead atoms. The van der Waals surface area contributed by atoms with E-state index in [-0.39, 0.29) is 5.92 Å². The number of ether oxygens (including phenoxy) is 1. The maximum atomic E-state index is 11.4. The molecule has 0 aromatic rings. The number of unbranched alkanes of at least 4 members (excludes halogenated alkanes) is 7. The molecule has 1 N–H and O–H groups in total. The predicted octanol–water partition coefficient (Wildman–Crippen LogP) is 4.64. The summed E-state index contributed by atoms with van der Waals surface area (Å²) in [5, 5.41) is 9.37. The van der Waals surface area contributed by atoms with Gasteiger partial charge in [-0.25, -0.2) is 4.79 Å². The van der Waals surface area contributed by atoms with Gasteiger partial charge in [-0.15, -0.1) is 0 Å². The summed E-state index contributed by atoms with van der Waals surface area (Å²) >= 11 is 0. The summed E-state index contributed by atoms with van der Waals surface area (Å²) in [5.41, 5.74) is -0.998. The first-order chi connectivity index (χ1) is 9.01. The van der Waals surface area contributed by atoms with Crippen LogP contribution < -0.4 is 0 Å². The molecule has 0 aromatic carbocycles. The highest BCUT2D eigenvalue weighted by molar-refractivity contribution is 5.77. The highest BCUT2D eigenvalue weighted by Gasteiger charge is 2.41. The van der Waals surface area contributed by atoms with Crippen LogP contribution in [0, 0.1) is 5.92 Å². The Labute approximate surface area is 118 Å². The summed E-state index contributed by atoms with van der Waals surface area (Å²) in [4.78, 5) is 11.4. The average Bonchev–Trinajstić information content (AvgIpc) is 2.36. The van der Waals surface area contributed by atoms with E-state index in [2.05, 4.69) is 6.92 Å². The second kappa shape index (κ2) is 10.2. The van der Waals surface area contributed by atoms with E-state index in [0.717, 1.165) is 12.8 Å². The normalized spacial score (nSPS) is 14.6. The first-order valence-corrected chi connectivity index (χ1v) is 7.79. The van der Waals surface area contributed by atoms with Crippen molar-refractivity contribution in [1.29, 1.82) is 0 Å². The first-order valence-electron chi connectivity index (χ1n) is 7.79. The average molecular weight is 272 g/mol. The Morgan fingerprint density at radius 1 is 1.05 bits per heavy atom. The second-order valence-electron chi connectivity index (χ2n) is 5.78. The standard InChI is InChI=1S/C16H32O3/c1-5-6-7-8-9-10-11-12-13-16(19-4,14(2)3)15(17)18/h14H,5-13H2,1-4H3,(H,17,18). The zero-order chi connectivity index (χ0) is 14.7. The van der Waals surface area contributed by atoms with Gasteiger partial charge in [0.05, 0.1) is 0 Å². The lowest BCUT2D eigenvalue weighted by molar-refractivity contribution is -0.169. The number of hydrogen-bond donors (Lipinski definition) is 1. The number of carboxylic acids is 1. The van der Waals surface area contributed by atoms with E-state index in [9.17, 15) is 9.90 Å². The van der Waals surface area contributed by atoms with Crippen LogP contribution in [0.15, 0.2) is 0 Å². The Bertz CT molecular complexity index is 238. The lowest BCUT2D eigenvalue weighted by Crippen LogP contribution is -2.45. The summed E-state index contributed by atoms with van der Waals surface area (Å²) < 4.78 is 5.32. The number of rotatable bonds is 12. The van der Waals surface area contributed by atoms with E-state index in [1.807, 2.05) is 13.8 Å². The summed E-state index contributed by atoms with van der Waals surface area (Å²) in [6, 6.07) is 0. The molecule has 0 rings (SSSR count). The fourth-order valence-corrected chi connectivity index (χ4v) is 2.59. The lowest BCUT2D eigenvalue weighted by atomic mass is 9.85. The van der Waals surface area contributed by atoms with Gasteiger partial charge >= 0.3 is 5.97 Å². The number of aliphatic carboxylic acids is 1. The van der Waals surface area contributed by atoms with Crippen LogP contribution in [0.4, 0.5) is 0 Å². The Kier molecular flexibility index (Phi) is 9.94. The van der Waals surface area contributed by atoms with Gasteiger partial charge < -0.3 is 9.84 Å². The molecule has 0 spiro atoms. The molecule has 1 unspecified atom stereocenters. The minimum Gasteiger partial charge on any atom is -0.479 e. The highest BCUT2D eigenvalue weighted by Crippen LogP contribution is 2.28. The Balaban J connectivity index is 3.86. The van der Waals surface area contributed by atoms with Crippen LogP contribution in [0.1, 0.15) is 78.6 Å². The van der Waals surface area contributed by atoms with Crippen molar-refractivity contribution < 1.29 is 14.6 Å². The molecule has 0 saturated heterocycles. The van der Waals surface area contributed by atoms with Gasteiger partial charge in [-0.1, -0.05) is 65.7 Å². The van der Waals surface area contributed by atoms with Crippen molar-refractivity contribution in [3.05, 3.63) is 0 Å². The first kappa shape index (κ1) is 18.4. The molecule has 3 heteroatoms. The number of carbonyl (C=O) groups is 1. The van der Waals surface area contributed by atoms with Crippen molar-refractivity contribution in [3.8, 4) is 0 Å². The van der Waals surface area contributed by atoms with Gasteiger partial charge in [0.2, 0.25) is 0 Å². The third-order valence-corrected chi connectivity index (χ3v) is 4.06. The van der Waals surface area contributed by atoms with Crippen LogP contribution >= 0.6 is 0 Å².